The SMILES string of the molecule is Cc1ccc(C2=C(O)C(=O)N(Cc3ccco3)[C@@H]2c2ccc(F)cc2)cc1. The van der Waals surface area contributed by atoms with Gasteiger partial charge in [0.1, 0.15) is 11.6 Å². The van der Waals surface area contributed by atoms with Crippen LogP contribution in [0.15, 0.2) is 77.1 Å². The second kappa shape index (κ2) is 6.76. The molecule has 136 valence electrons. The Kier molecular flexibility index (Phi) is 4.28. The van der Waals surface area contributed by atoms with Crippen LogP contribution >= 0.6 is 0 Å². The molecular formula is C22H18FNO3. The molecule has 0 saturated heterocycles. The van der Waals surface area contributed by atoms with E-state index in [-0.39, 0.29) is 18.1 Å². The van der Waals surface area contributed by atoms with Crippen LogP contribution in [0.5, 0.6) is 0 Å². The highest BCUT2D eigenvalue weighted by atomic mass is 19.1. The average Bonchev–Trinajstić information content (AvgIpc) is 3.26. The summed E-state index contributed by atoms with van der Waals surface area (Å²) in [7, 11) is 0. The maximum atomic E-state index is 13.4. The zero-order valence-corrected chi connectivity index (χ0v) is 14.7. The number of furan rings is 1. The van der Waals surface area contributed by atoms with Gasteiger partial charge in [0.15, 0.2) is 5.76 Å². The van der Waals surface area contributed by atoms with Crippen molar-refractivity contribution in [1.29, 1.82) is 0 Å². The van der Waals surface area contributed by atoms with E-state index in [1.807, 2.05) is 31.2 Å². The molecule has 4 rings (SSSR count). The third kappa shape index (κ3) is 3.12. The van der Waals surface area contributed by atoms with Gasteiger partial charge in [-0.3, -0.25) is 4.79 Å². The number of carbonyl (C=O) groups excluding carboxylic acids is 1. The van der Waals surface area contributed by atoms with Crippen molar-refractivity contribution < 1.29 is 18.7 Å². The molecule has 0 spiro atoms. The quantitative estimate of drug-likeness (QED) is 0.726. The predicted molar refractivity (Wildman–Crippen MR) is 99.1 cm³/mol. The standard InChI is InChI=1S/C22H18FNO3/c1-14-4-6-15(7-5-14)19-20(16-8-10-17(23)11-9-16)24(22(26)21(19)25)13-18-3-2-12-27-18/h2-12,20,25H,13H2,1H3/t20-/m1/s1. The summed E-state index contributed by atoms with van der Waals surface area (Å²) < 4.78 is 18.8. The Morgan fingerprint density at radius 1 is 1.07 bits per heavy atom. The van der Waals surface area contributed by atoms with Gasteiger partial charge in [-0.2, -0.15) is 0 Å². The number of rotatable bonds is 4. The third-order valence-electron chi connectivity index (χ3n) is 4.76. The minimum absolute atomic E-state index is 0.202. The molecule has 1 aromatic heterocycles. The second-order valence-electron chi connectivity index (χ2n) is 6.59. The summed E-state index contributed by atoms with van der Waals surface area (Å²) in [5.41, 5.74) is 3.06. The van der Waals surface area contributed by atoms with Crippen LogP contribution in [0.25, 0.3) is 5.57 Å². The molecule has 0 fully saturated rings. The number of hydrogen-bond acceptors (Lipinski definition) is 3. The van der Waals surface area contributed by atoms with Crippen molar-refractivity contribution >= 4 is 11.5 Å². The number of carbonyl (C=O) groups is 1. The fourth-order valence-corrected chi connectivity index (χ4v) is 3.41. The summed E-state index contributed by atoms with van der Waals surface area (Å²) in [6, 6.07) is 16.6. The Bertz CT molecular complexity index is 989. The molecule has 27 heavy (non-hydrogen) atoms. The number of halogens is 1. The Labute approximate surface area is 156 Å². The normalized spacial score (nSPS) is 17.0. The van der Waals surface area contributed by atoms with E-state index in [0.717, 1.165) is 16.7 Å². The maximum Gasteiger partial charge on any atom is 0.290 e. The number of aliphatic hydroxyl groups is 1. The first-order valence-corrected chi connectivity index (χ1v) is 8.63. The van der Waals surface area contributed by atoms with E-state index in [1.54, 1.807) is 24.3 Å². The van der Waals surface area contributed by atoms with Gasteiger partial charge in [0, 0.05) is 5.57 Å². The zero-order valence-electron chi connectivity index (χ0n) is 14.7. The highest BCUT2D eigenvalue weighted by molar-refractivity contribution is 6.05. The van der Waals surface area contributed by atoms with Crippen molar-refractivity contribution in [2.24, 2.45) is 0 Å². The summed E-state index contributed by atoms with van der Waals surface area (Å²) >= 11 is 0. The number of hydrogen-bond donors (Lipinski definition) is 1. The Hall–Kier alpha value is -3.34. The van der Waals surface area contributed by atoms with E-state index < -0.39 is 11.9 Å². The summed E-state index contributed by atoms with van der Waals surface area (Å²) in [4.78, 5) is 14.4. The van der Waals surface area contributed by atoms with E-state index in [0.29, 0.717) is 11.3 Å². The van der Waals surface area contributed by atoms with Crippen molar-refractivity contribution in [2.75, 3.05) is 0 Å². The van der Waals surface area contributed by atoms with E-state index in [9.17, 15) is 14.3 Å². The van der Waals surface area contributed by atoms with E-state index >= 15 is 0 Å². The number of nitrogens with zero attached hydrogens (tertiary/aromatic N) is 1. The maximum absolute atomic E-state index is 13.4. The monoisotopic (exact) mass is 363 g/mol. The second-order valence-corrected chi connectivity index (χ2v) is 6.59. The van der Waals surface area contributed by atoms with Crippen LogP contribution in [0, 0.1) is 12.7 Å². The first-order chi connectivity index (χ1) is 13.0. The molecule has 0 saturated carbocycles. The zero-order chi connectivity index (χ0) is 19.0. The number of benzene rings is 2. The van der Waals surface area contributed by atoms with Gasteiger partial charge in [0.2, 0.25) is 0 Å². The lowest BCUT2D eigenvalue weighted by Crippen LogP contribution is -2.29. The summed E-state index contributed by atoms with van der Waals surface area (Å²) in [5, 5.41) is 10.6. The van der Waals surface area contributed by atoms with Crippen molar-refractivity contribution in [3.8, 4) is 0 Å². The molecule has 1 aliphatic heterocycles. The fraction of sp³-hybridized carbons (Fsp3) is 0.136. The smallest absolute Gasteiger partial charge is 0.290 e. The van der Waals surface area contributed by atoms with Crippen LogP contribution in [0.2, 0.25) is 0 Å². The minimum Gasteiger partial charge on any atom is -0.503 e. The van der Waals surface area contributed by atoms with Gasteiger partial charge < -0.3 is 14.4 Å². The summed E-state index contributed by atoms with van der Waals surface area (Å²) in [6.45, 7) is 2.17. The van der Waals surface area contributed by atoms with Gasteiger partial charge in [-0.25, -0.2) is 4.39 Å². The van der Waals surface area contributed by atoms with Crippen molar-refractivity contribution in [3.63, 3.8) is 0 Å². The van der Waals surface area contributed by atoms with Gasteiger partial charge in [-0.15, -0.1) is 0 Å². The molecular weight excluding hydrogens is 345 g/mol. The van der Waals surface area contributed by atoms with Crippen LogP contribution in [-0.2, 0) is 11.3 Å². The van der Waals surface area contributed by atoms with Crippen molar-refractivity contribution in [1.82, 2.24) is 4.90 Å². The van der Waals surface area contributed by atoms with Crippen molar-refractivity contribution in [2.45, 2.75) is 19.5 Å². The molecule has 1 atom stereocenters. The predicted octanol–water partition coefficient (Wildman–Crippen LogP) is 4.78. The molecule has 5 heteroatoms. The Morgan fingerprint density at radius 3 is 2.41 bits per heavy atom. The summed E-state index contributed by atoms with van der Waals surface area (Å²) in [6.07, 6.45) is 1.54. The molecule has 2 heterocycles. The first kappa shape index (κ1) is 17.1. The molecule has 0 radical (unpaired) electrons. The van der Waals surface area contributed by atoms with Crippen LogP contribution in [0.1, 0.15) is 28.5 Å². The van der Waals surface area contributed by atoms with Crippen LogP contribution in [0.3, 0.4) is 0 Å². The topological polar surface area (TPSA) is 53.7 Å². The van der Waals surface area contributed by atoms with Crippen LogP contribution in [-0.4, -0.2) is 15.9 Å². The van der Waals surface area contributed by atoms with Gasteiger partial charge in [-0.1, -0.05) is 42.0 Å². The van der Waals surface area contributed by atoms with Gasteiger partial charge >= 0.3 is 0 Å². The minimum atomic E-state index is -0.536. The van der Waals surface area contributed by atoms with Gasteiger partial charge in [0.25, 0.3) is 5.91 Å². The molecule has 3 aromatic rings. The largest absolute Gasteiger partial charge is 0.503 e. The van der Waals surface area contributed by atoms with E-state index in [1.165, 1.54) is 23.3 Å². The Balaban J connectivity index is 1.82. The lowest BCUT2D eigenvalue weighted by Gasteiger charge is -2.26. The number of amides is 1. The Morgan fingerprint density at radius 2 is 1.78 bits per heavy atom. The molecule has 2 aromatic carbocycles. The highest BCUT2D eigenvalue weighted by Gasteiger charge is 2.41. The van der Waals surface area contributed by atoms with Gasteiger partial charge in [-0.05, 0) is 42.3 Å². The van der Waals surface area contributed by atoms with E-state index in [2.05, 4.69) is 0 Å². The van der Waals surface area contributed by atoms with Gasteiger partial charge in [0.05, 0.1) is 18.8 Å². The summed E-state index contributed by atoms with van der Waals surface area (Å²) in [5.74, 6) is -0.518. The number of aryl methyl sites for hydroxylation is 1. The highest BCUT2D eigenvalue weighted by Crippen LogP contribution is 2.43. The lowest BCUT2D eigenvalue weighted by molar-refractivity contribution is -0.130. The first-order valence-electron chi connectivity index (χ1n) is 8.63. The molecule has 4 nitrogen and oxygen atoms in total. The van der Waals surface area contributed by atoms with Crippen LogP contribution < -0.4 is 0 Å². The molecule has 1 aliphatic rings. The van der Waals surface area contributed by atoms with Crippen LogP contribution in [0.4, 0.5) is 4.39 Å². The van der Waals surface area contributed by atoms with Crippen molar-refractivity contribution in [3.05, 3.63) is 101 Å². The van der Waals surface area contributed by atoms with E-state index in [4.69, 9.17) is 4.42 Å². The number of aliphatic hydroxyl groups excluding tert-OH is 1. The lowest BCUT2D eigenvalue weighted by atomic mass is 9.93. The molecule has 0 unspecified atom stereocenters. The third-order valence-corrected chi connectivity index (χ3v) is 4.76. The fourth-order valence-electron chi connectivity index (χ4n) is 3.41. The molecule has 0 bridgehead atoms. The molecule has 1 amide bonds. The average molecular weight is 363 g/mol. The molecule has 0 aliphatic carbocycles. The molecule has 1 N–H and O–H groups in total.